The minimum absolute atomic E-state index is 0.227. The first-order valence-corrected chi connectivity index (χ1v) is 20.5. The van der Waals surface area contributed by atoms with Crippen LogP contribution in [-0.4, -0.2) is 74.4 Å². The van der Waals surface area contributed by atoms with E-state index >= 15 is 0 Å². The number of phosphoric acid groups is 1. The number of likely N-dealkylation sites (N-methyl/N-ethyl adjacent to an activating group) is 1. The summed E-state index contributed by atoms with van der Waals surface area (Å²) in [5, 5.41) is 0. The predicted octanol–water partition coefficient (Wildman–Crippen LogP) is 10.0. The molecule has 2 unspecified atom stereocenters. The van der Waals surface area contributed by atoms with E-state index in [9.17, 15) is 19.0 Å². The van der Waals surface area contributed by atoms with E-state index in [1.165, 1.54) is 25.7 Å². The lowest BCUT2D eigenvalue weighted by atomic mass is 10.1. The molecule has 10 heteroatoms. The third kappa shape index (κ3) is 31.7. The highest BCUT2D eigenvalue weighted by Crippen LogP contribution is 2.45. The van der Waals surface area contributed by atoms with E-state index in [4.69, 9.17) is 18.5 Å². The number of quaternary nitrogens is 1. The zero-order valence-electron chi connectivity index (χ0n) is 31.6. The Morgan fingerprint density at radius 2 is 1.10 bits per heavy atom. The number of esters is 2. The van der Waals surface area contributed by atoms with Crippen LogP contribution >= 0.6 is 7.82 Å². The maximum absolute atomic E-state index is 12.8. The standard InChI is InChI=1S/C38H72NO8P/c1-7-10-12-14-16-18-20-22-24-26-28-30-37(40)44-33-36(34-45-48(42,43)47-35(9-3)32-39(4,5)6)46-38(41)31-29-27-25-23-21-19-17-15-13-11-8-2/h14-17,35-36H,7-13,18-34H2,1-6H3/p+1/b16-14-,17-15-/t35?,36-/m1/s1. The van der Waals surface area contributed by atoms with Gasteiger partial charge in [-0.3, -0.25) is 18.6 Å². The Hall–Kier alpha value is -1.51. The summed E-state index contributed by atoms with van der Waals surface area (Å²) in [5.74, 6) is -0.823. The van der Waals surface area contributed by atoms with Gasteiger partial charge in [0.2, 0.25) is 0 Å². The van der Waals surface area contributed by atoms with Gasteiger partial charge in [-0.1, -0.05) is 109 Å². The second-order valence-electron chi connectivity index (χ2n) is 14.0. The van der Waals surface area contributed by atoms with Crippen molar-refractivity contribution in [2.75, 3.05) is 40.9 Å². The van der Waals surface area contributed by atoms with Crippen LogP contribution in [0, 0.1) is 0 Å². The van der Waals surface area contributed by atoms with Crippen LogP contribution in [0.2, 0.25) is 0 Å². The number of carbonyl (C=O) groups is 2. The minimum atomic E-state index is -4.44. The lowest BCUT2D eigenvalue weighted by molar-refractivity contribution is -0.873. The first-order valence-electron chi connectivity index (χ1n) is 19.0. The number of hydrogen-bond acceptors (Lipinski definition) is 7. The Morgan fingerprint density at radius 3 is 1.58 bits per heavy atom. The SMILES string of the molecule is CCCC/C=C\CCCCCCCC(=O)OC[C@H](COP(=O)(O)OC(CC)C[N+](C)(C)C)OC(=O)CCCCCCC/C=C\CCCC. The van der Waals surface area contributed by atoms with Gasteiger partial charge in [-0.25, -0.2) is 4.57 Å². The first-order chi connectivity index (χ1) is 22.9. The highest BCUT2D eigenvalue weighted by atomic mass is 31.2. The van der Waals surface area contributed by atoms with Crippen LogP contribution in [0.1, 0.15) is 156 Å². The average Bonchev–Trinajstić information content (AvgIpc) is 3.02. The summed E-state index contributed by atoms with van der Waals surface area (Å²) in [6, 6.07) is 0. The van der Waals surface area contributed by atoms with Crippen molar-refractivity contribution in [2.24, 2.45) is 0 Å². The molecule has 0 aromatic rings. The van der Waals surface area contributed by atoms with E-state index in [2.05, 4.69) is 38.2 Å². The van der Waals surface area contributed by atoms with Crippen molar-refractivity contribution < 1.29 is 42.1 Å². The Kier molecular flexibility index (Phi) is 29.4. The number of nitrogens with zero attached hydrogens (tertiary/aromatic N) is 1. The Bertz CT molecular complexity index is 902. The summed E-state index contributed by atoms with van der Waals surface area (Å²) >= 11 is 0. The van der Waals surface area contributed by atoms with Gasteiger partial charge < -0.3 is 18.9 Å². The molecule has 0 aliphatic rings. The molecule has 0 aliphatic carbocycles. The van der Waals surface area contributed by atoms with Gasteiger partial charge in [0.05, 0.1) is 27.7 Å². The molecule has 0 rings (SSSR count). The molecule has 0 amide bonds. The number of carbonyl (C=O) groups excluding carboxylic acids is 2. The number of allylic oxidation sites excluding steroid dienone is 4. The number of rotatable bonds is 33. The third-order valence-corrected chi connectivity index (χ3v) is 8.97. The van der Waals surface area contributed by atoms with Crippen LogP contribution < -0.4 is 0 Å². The quantitative estimate of drug-likeness (QED) is 0.0237. The van der Waals surface area contributed by atoms with E-state index in [-0.39, 0.29) is 25.4 Å². The smallest absolute Gasteiger partial charge is 0.462 e. The lowest BCUT2D eigenvalue weighted by Crippen LogP contribution is -2.42. The topological polar surface area (TPSA) is 108 Å². The van der Waals surface area contributed by atoms with E-state index < -0.39 is 32.6 Å². The highest BCUT2D eigenvalue weighted by Gasteiger charge is 2.31. The Labute approximate surface area is 294 Å². The van der Waals surface area contributed by atoms with Gasteiger partial charge in [0, 0.05) is 12.8 Å². The van der Waals surface area contributed by atoms with Gasteiger partial charge in [-0.05, 0) is 57.8 Å². The van der Waals surface area contributed by atoms with Crippen molar-refractivity contribution >= 4 is 19.8 Å². The van der Waals surface area contributed by atoms with Crippen molar-refractivity contribution in [3.63, 3.8) is 0 Å². The van der Waals surface area contributed by atoms with Gasteiger partial charge in [0.25, 0.3) is 0 Å². The molecule has 1 N–H and O–H groups in total. The highest BCUT2D eigenvalue weighted by molar-refractivity contribution is 7.47. The van der Waals surface area contributed by atoms with Gasteiger partial charge in [-0.15, -0.1) is 0 Å². The molecule has 0 fully saturated rings. The van der Waals surface area contributed by atoms with Crippen molar-refractivity contribution in [3.8, 4) is 0 Å². The molecule has 0 aromatic heterocycles. The summed E-state index contributed by atoms with van der Waals surface area (Å²) in [5.41, 5.74) is 0. The third-order valence-electron chi connectivity index (χ3n) is 7.93. The molecule has 9 nitrogen and oxygen atoms in total. The van der Waals surface area contributed by atoms with Crippen LogP contribution in [0.3, 0.4) is 0 Å². The molecule has 0 bridgehead atoms. The molecule has 0 saturated heterocycles. The molecule has 0 spiro atoms. The Balaban J connectivity index is 4.69. The van der Waals surface area contributed by atoms with E-state index in [0.717, 1.165) is 83.5 Å². The molecule has 0 heterocycles. The predicted molar refractivity (Wildman–Crippen MR) is 197 cm³/mol. The zero-order valence-corrected chi connectivity index (χ0v) is 32.5. The van der Waals surface area contributed by atoms with Crippen LogP contribution in [0.15, 0.2) is 24.3 Å². The van der Waals surface area contributed by atoms with Gasteiger partial charge in [0.1, 0.15) is 19.3 Å². The first kappa shape index (κ1) is 46.5. The van der Waals surface area contributed by atoms with Crippen molar-refractivity contribution in [2.45, 2.75) is 168 Å². The normalized spacial score (nSPS) is 14.7. The second kappa shape index (κ2) is 30.3. The maximum atomic E-state index is 12.8. The molecule has 3 atom stereocenters. The van der Waals surface area contributed by atoms with Crippen LogP contribution in [0.5, 0.6) is 0 Å². The molecule has 282 valence electrons. The molecular weight excluding hydrogens is 629 g/mol. The fourth-order valence-electron chi connectivity index (χ4n) is 5.10. The summed E-state index contributed by atoms with van der Waals surface area (Å²) < 4.78 is 35.0. The molecule has 0 radical (unpaired) electrons. The van der Waals surface area contributed by atoms with E-state index in [1.807, 2.05) is 28.1 Å². The summed E-state index contributed by atoms with van der Waals surface area (Å²) in [4.78, 5) is 35.5. The molecule has 0 aliphatic heterocycles. The number of phosphoric ester groups is 1. The monoisotopic (exact) mass is 703 g/mol. The fourth-order valence-corrected chi connectivity index (χ4v) is 6.11. The molecule has 48 heavy (non-hydrogen) atoms. The molecule has 0 aromatic carbocycles. The van der Waals surface area contributed by atoms with Crippen LogP contribution in [-0.2, 0) is 32.7 Å². The summed E-state index contributed by atoms with van der Waals surface area (Å²) in [6.45, 7) is 6.15. The fraction of sp³-hybridized carbons (Fsp3) is 0.842. The van der Waals surface area contributed by atoms with Crippen LogP contribution in [0.25, 0.3) is 0 Å². The Morgan fingerprint density at radius 1 is 0.646 bits per heavy atom. The van der Waals surface area contributed by atoms with Crippen LogP contribution in [0.4, 0.5) is 0 Å². The minimum Gasteiger partial charge on any atom is -0.462 e. The maximum Gasteiger partial charge on any atom is 0.472 e. The van der Waals surface area contributed by atoms with Gasteiger partial charge in [0.15, 0.2) is 6.10 Å². The molecular formula is C38H73NO8P+. The van der Waals surface area contributed by atoms with Crippen molar-refractivity contribution in [1.82, 2.24) is 0 Å². The van der Waals surface area contributed by atoms with Crippen molar-refractivity contribution in [3.05, 3.63) is 24.3 Å². The lowest BCUT2D eigenvalue weighted by Gasteiger charge is -2.29. The zero-order chi connectivity index (χ0) is 35.9. The largest absolute Gasteiger partial charge is 0.472 e. The number of ether oxygens (including phenoxy) is 2. The van der Waals surface area contributed by atoms with E-state index in [1.54, 1.807) is 0 Å². The summed E-state index contributed by atoms with van der Waals surface area (Å²) in [7, 11) is 1.48. The second-order valence-corrected chi connectivity index (χ2v) is 15.4. The number of hydrogen-bond donors (Lipinski definition) is 1. The summed E-state index contributed by atoms with van der Waals surface area (Å²) in [6.07, 6.45) is 28.0. The van der Waals surface area contributed by atoms with Gasteiger partial charge in [-0.2, -0.15) is 0 Å². The van der Waals surface area contributed by atoms with Crippen molar-refractivity contribution in [1.29, 1.82) is 0 Å². The van der Waals surface area contributed by atoms with E-state index in [0.29, 0.717) is 23.9 Å². The average molecular weight is 703 g/mol. The molecule has 0 saturated carbocycles. The number of unbranched alkanes of at least 4 members (excludes halogenated alkanes) is 14. The van der Waals surface area contributed by atoms with Gasteiger partial charge >= 0.3 is 19.8 Å².